The molecule has 1 aromatic carbocycles. The number of hydrogen-bond donors (Lipinski definition) is 1. The van der Waals surface area contributed by atoms with E-state index in [0.29, 0.717) is 17.1 Å². The molecular weight excluding hydrogens is 230 g/mol. The Hall–Kier alpha value is -1.55. The van der Waals surface area contributed by atoms with Crippen molar-refractivity contribution < 1.29 is 14.3 Å². The average molecular weight is 251 g/mol. The zero-order chi connectivity index (χ0) is 13.5. The zero-order valence-electron chi connectivity index (χ0n) is 11.4. The van der Waals surface area contributed by atoms with Crippen molar-refractivity contribution in [3.05, 3.63) is 23.8 Å². The van der Waals surface area contributed by atoms with E-state index in [2.05, 4.69) is 12.2 Å². The highest BCUT2D eigenvalue weighted by atomic mass is 16.5. The highest BCUT2D eigenvalue weighted by Crippen LogP contribution is 2.25. The Labute approximate surface area is 108 Å². The van der Waals surface area contributed by atoms with Crippen LogP contribution in [-0.2, 0) is 0 Å². The van der Waals surface area contributed by atoms with Crippen LogP contribution in [0.2, 0.25) is 0 Å². The van der Waals surface area contributed by atoms with Crippen LogP contribution < -0.4 is 14.8 Å². The highest BCUT2D eigenvalue weighted by Gasteiger charge is 2.19. The van der Waals surface area contributed by atoms with Gasteiger partial charge in [0.15, 0.2) is 5.78 Å². The fourth-order valence-corrected chi connectivity index (χ4v) is 1.69. The molecule has 0 aliphatic heterocycles. The Kier molecular flexibility index (Phi) is 5.65. The molecule has 0 saturated heterocycles. The van der Waals surface area contributed by atoms with Crippen LogP contribution in [0.3, 0.4) is 0 Å². The molecule has 4 heteroatoms. The lowest BCUT2D eigenvalue weighted by Crippen LogP contribution is -2.34. The predicted octanol–water partition coefficient (Wildman–Crippen LogP) is 2.27. The summed E-state index contributed by atoms with van der Waals surface area (Å²) in [6, 6.07) is 5.01. The molecule has 1 unspecified atom stereocenters. The van der Waals surface area contributed by atoms with Crippen LogP contribution in [0.25, 0.3) is 0 Å². The molecule has 0 saturated carbocycles. The standard InChI is InChI=1S/C14H21NO3/c1-5-8-15-10(2)14(16)12-9-11(17-3)6-7-13(12)18-4/h6-7,9-10,15H,5,8H2,1-4H3. The molecule has 0 radical (unpaired) electrons. The number of methoxy groups -OCH3 is 2. The molecule has 0 spiro atoms. The first-order valence-corrected chi connectivity index (χ1v) is 6.13. The van der Waals surface area contributed by atoms with Gasteiger partial charge in [0.25, 0.3) is 0 Å². The summed E-state index contributed by atoms with van der Waals surface area (Å²) in [5, 5.41) is 3.17. The Morgan fingerprint density at radius 1 is 1.33 bits per heavy atom. The van der Waals surface area contributed by atoms with E-state index in [0.717, 1.165) is 13.0 Å². The summed E-state index contributed by atoms with van der Waals surface area (Å²) in [7, 11) is 3.14. The van der Waals surface area contributed by atoms with Gasteiger partial charge in [-0.3, -0.25) is 4.79 Å². The van der Waals surface area contributed by atoms with Gasteiger partial charge in [-0.1, -0.05) is 6.92 Å². The molecule has 0 aliphatic carbocycles. The SMILES string of the molecule is CCCNC(C)C(=O)c1cc(OC)ccc1OC. The summed E-state index contributed by atoms with van der Waals surface area (Å²) in [4.78, 5) is 12.3. The maximum absolute atomic E-state index is 12.3. The molecular formula is C14H21NO3. The van der Waals surface area contributed by atoms with Crippen LogP contribution in [0.4, 0.5) is 0 Å². The van der Waals surface area contributed by atoms with Gasteiger partial charge in [0.2, 0.25) is 0 Å². The van der Waals surface area contributed by atoms with Crippen molar-refractivity contribution >= 4 is 5.78 Å². The summed E-state index contributed by atoms with van der Waals surface area (Å²) in [5.41, 5.74) is 0.549. The molecule has 100 valence electrons. The Bertz CT molecular complexity index is 404. The molecule has 18 heavy (non-hydrogen) atoms. The maximum atomic E-state index is 12.3. The first-order valence-electron chi connectivity index (χ1n) is 6.13. The number of rotatable bonds is 7. The van der Waals surface area contributed by atoms with Gasteiger partial charge >= 0.3 is 0 Å². The smallest absolute Gasteiger partial charge is 0.183 e. The summed E-state index contributed by atoms with van der Waals surface area (Å²) < 4.78 is 10.4. The van der Waals surface area contributed by atoms with E-state index < -0.39 is 0 Å². The van der Waals surface area contributed by atoms with Crippen LogP contribution in [0, 0.1) is 0 Å². The van der Waals surface area contributed by atoms with E-state index in [-0.39, 0.29) is 11.8 Å². The number of ether oxygens (including phenoxy) is 2. The van der Waals surface area contributed by atoms with E-state index >= 15 is 0 Å². The Morgan fingerprint density at radius 2 is 2.06 bits per heavy atom. The van der Waals surface area contributed by atoms with Gasteiger partial charge in [-0.15, -0.1) is 0 Å². The van der Waals surface area contributed by atoms with Crippen LogP contribution in [-0.4, -0.2) is 32.6 Å². The van der Waals surface area contributed by atoms with E-state index in [1.165, 1.54) is 0 Å². The van der Waals surface area contributed by atoms with Gasteiger partial charge in [-0.2, -0.15) is 0 Å². The fourth-order valence-electron chi connectivity index (χ4n) is 1.69. The van der Waals surface area contributed by atoms with Gasteiger partial charge in [0.1, 0.15) is 11.5 Å². The van der Waals surface area contributed by atoms with Crippen molar-refractivity contribution in [2.45, 2.75) is 26.3 Å². The van der Waals surface area contributed by atoms with Crippen molar-refractivity contribution in [2.75, 3.05) is 20.8 Å². The quantitative estimate of drug-likeness (QED) is 0.755. The van der Waals surface area contributed by atoms with Crippen molar-refractivity contribution in [1.82, 2.24) is 5.32 Å². The van der Waals surface area contributed by atoms with Gasteiger partial charge in [0.05, 0.1) is 25.8 Å². The van der Waals surface area contributed by atoms with Crippen LogP contribution in [0.5, 0.6) is 11.5 Å². The van der Waals surface area contributed by atoms with Gasteiger partial charge in [0, 0.05) is 0 Å². The Morgan fingerprint density at radius 3 is 2.61 bits per heavy atom. The van der Waals surface area contributed by atoms with Crippen LogP contribution >= 0.6 is 0 Å². The summed E-state index contributed by atoms with van der Waals surface area (Å²) >= 11 is 0. The van der Waals surface area contributed by atoms with Crippen LogP contribution in [0.15, 0.2) is 18.2 Å². The molecule has 0 amide bonds. The lowest BCUT2D eigenvalue weighted by molar-refractivity contribution is 0.0948. The number of nitrogens with one attached hydrogen (secondary N) is 1. The number of Topliss-reactive ketones (excluding diaryl/α,β-unsaturated/α-hetero) is 1. The van der Waals surface area contributed by atoms with Crippen LogP contribution in [0.1, 0.15) is 30.6 Å². The molecule has 1 rings (SSSR count). The van der Waals surface area contributed by atoms with Crippen molar-refractivity contribution in [2.24, 2.45) is 0 Å². The predicted molar refractivity (Wildman–Crippen MR) is 71.6 cm³/mol. The molecule has 0 heterocycles. The number of carbonyl (C=O) groups is 1. The molecule has 1 N–H and O–H groups in total. The first-order chi connectivity index (χ1) is 8.63. The second-order valence-corrected chi connectivity index (χ2v) is 4.11. The third kappa shape index (κ3) is 3.47. The third-order valence-corrected chi connectivity index (χ3v) is 2.77. The zero-order valence-corrected chi connectivity index (χ0v) is 11.4. The van der Waals surface area contributed by atoms with E-state index in [9.17, 15) is 4.79 Å². The van der Waals surface area contributed by atoms with Gasteiger partial charge in [-0.25, -0.2) is 0 Å². The van der Waals surface area contributed by atoms with Gasteiger partial charge in [-0.05, 0) is 38.1 Å². The summed E-state index contributed by atoms with van der Waals surface area (Å²) in [6.45, 7) is 4.74. The first kappa shape index (κ1) is 14.5. The lowest BCUT2D eigenvalue weighted by Gasteiger charge is -2.15. The maximum Gasteiger partial charge on any atom is 0.183 e. The largest absolute Gasteiger partial charge is 0.497 e. The average Bonchev–Trinajstić information content (AvgIpc) is 2.43. The minimum Gasteiger partial charge on any atom is -0.497 e. The number of ketones is 1. The number of carbonyl (C=O) groups excluding carboxylic acids is 1. The van der Waals surface area contributed by atoms with E-state index in [1.54, 1.807) is 32.4 Å². The summed E-state index contributed by atoms with van der Waals surface area (Å²) in [6.07, 6.45) is 0.993. The topological polar surface area (TPSA) is 47.6 Å². The molecule has 0 fully saturated rings. The number of benzene rings is 1. The second-order valence-electron chi connectivity index (χ2n) is 4.11. The molecule has 1 aromatic rings. The molecule has 0 aliphatic rings. The second kappa shape index (κ2) is 7.01. The number of hydrogen-bond acceptors (Lipinski definition) is 4. The lowest BCUT2D eigenvalue weighted by atomic mass is 10.0. The molecule has 0 bridgehead atoms. The minimum absolute atomic E-state index is 0.0131. The third-order valence-electron chi connectivity index (χ3n) is 2.77. The van der Waals surface area contributed by atoms with Gasteiger partial charge < -0.3 is 14.8 Å². The fraction of sp³-hybridized carbons (Fsp3) is 0.500. The van der Waals surface area contributed by atoms with Crippen molar-refractivity contribution in [3.63, 3.8) is 0 Å². The minimum atomic E-state index is -0.231. The monoisotopic (exact) mass is 251 g/mol. The molecule has 4 nitrogen and oxygen atoms in total. The molecule has 1 atom stereocenters. The van der Waals surface area contributed by atoms with Crippen molar-refractivity contribution in [3.8, 4) is 11.5 Å². The Balaban J connectivity index is 2.95. The van der Waals surface area contributed by atoms with E-state index in [1.807, 2.05) is 6.92 Å². The highest BCUT2D eigenvalue weighted by molar-refractivity contribution is 6.02. The molecule has 0 aromatic heterocycles. The van der Waals surface area contributed by atoms with E-state index in [4.69, 9.17) is 9.47 Å². The normalized spacial score (nSPS) is 12.0. The van der Waals surface area contributed by atoms with Crippen molar-refractivity contribution in [1.29, 1.82) is 0 Å². The summed E-state index contributed by atoms with van der Waals surface area (Å²) in [5.74, 6) is 1.24.